The number of unbranched alkanes of at least 4 members (excludes halogenated alkanes) is 3. The van der Waals surface area contributed by atoms with Gasteiger partial charge in [0.15, 0.2) is 0 Å². The molecule has 0 atom stereocenters. The van der Waals surface area contributed by atoms with Gasteiger partial charge in [-0.25, -0.2) is 0 Å². The van der Waals surface area contributed by atoms with Gasteiger partial charge < -0.3 is 14.5 Å². The Balaban J connectivity index is 1.91. The van der Waals surface area contributed by atoms with Crippen molar-refractivity contribution in [3.05, 3.63) is 0 Å². The normalized spacial score (nSPS) is 17.0. The quantitative estimate of drug-likeness (QED) is 0.490. The molecule has 4 nitrogen and oxygen atoms in total. The van der Waals surface area contributed by atoms with Crippen LogP contribution in [0.25, 0.3) is 0 Å². The fourth-order valence-corrected chi connectivity index (χ4v) is 3.08. The van der Waals surface area contributed by atoms with Crippen LogP contribution >= 0.6 is 0 Å². The monoisotopic (exact) mass is 312 g/mol. The Kier molecular flexibility index (Phi) is 11.6. The van der Waals surface area contributed by atoms with E-state index in [1.807, 2.05) is 0 Å². The summed E-state index contributed by atoms with van der Waals surface area (Å²) in [6.07, 6.45) is 8.57. The molecule has 0 aliphatic carbocycles. The van der Waals surface area contributed by atoms with Crippen molar-refractivity contribution < 1.29 is 9.53 Å². The molecule has 4 heteroatoms. The second-order valence-corrected chi connectivity index (χ2v) is 6.48. The van der Waals surface area contributed by atoms with Crippen molar-refractivity contribution in [1.82, 2.24) is 9.80 Å². The van der Waals surface area contributed by atoms with Crippen LogP contribution in [0.15, 0.2) is 0 Å². The van der Waals surface area contributed by atoms with E-state index in [1.54, 1.807) is 7.11 Å². The highest BCUT2D eigenvalue weighted by Crippen LogP contribution is 2.08. The molecule has 0 spiro atoms. The number of ether oxygens (including phenoxy) is 1. The summed E-state index contributed by atoms with van der Waals surface area (Å²) in [4.78, 5) is 16.6. The SMILES string of the molecule is CCCC(=O)CCCCCCN1CCN(CCCOC)CC1. The number of ketones is 1. The smallest absolute Gasteiger partial charge is 0.132 e. The highest BCUT2D eigenvalue weighted by Gasteiger charge is 2.15. The lowest BCUT2D eigenvalue weighted by Crippen LogP contribution is -2.46. The van der Waals surface area contributed by atoms with Gasteiger partial charge in [0.2, 0.25) is 0 Å². The number of piperazine rings is 1. The molecule has 0 aromatic heterocycles. The Morgan fingerprint density at radius 1 is 0.864 bits per heavy atom. The standard InChI is InChI=1S/C18H36N2O2/c1-3-9-18(21)10-6-4-5-7-11-19-13-15-20(16-14-19)12-8-17-22-2/h3-17H2,1-2H3. The van der Waals surface area contributed by atoms with E-state index < -0.39 is 0 Å². The van der Waals surface area contributed by atoms with E-state index in [1.165, 1.54) is 58.5 Å². The predicted molar refractivity (Wildman–Crippen MR) is 92.4 cm³/mol. The number of rotatable bonds is 13. The number of carbonyl (C=O) groups is 1. The zero-order valence-corrected chi connectivity index (χ0v) is 14.8. The molecule has 0 unspecified atom stereocenters. The molecule has 0 aromatic rings. The first-order valence-corrected chi connectivity index (χ1v) is 9.21. The van der Waals surface area contributed by atoms with Gasteiger partial charge in [0.1, 0.15) is 5.78 Å². The van der Waals surface area contributed by atoms with Gasteiger partial charge in [-0.2, -0.15) is 0 Å². The molecular weight excluding hydrogens is 276 g/mol. The second-order valence-electron chi connectivity index (χ2n) is 6.48. The minimum Gasteiger partial charge on any atom is -0.385 e. The first-order valence-electron chi connectivity index (χ1n) is 9.21. The van der Waals surface area contributed by atoms with Gasteiger partial charge in [0, 0.05) is 59.3 Å². The molecule has 0 N–H and O–H groups in total. The van der Waals surface area contributed by atoms with Gasteiger partial charge >= 0.3 is 0 Å². The largest absolute Gasteiger partial charge is 0.385 e. The Morgan fingerprint density at radius 3 is 2.05 bits per heavy atom. The third kappa shape index (κ3) is 9.54. The van der Waals surface area contributed by atoms with Crippen LogP contribution < -0.4 is 0 Å². The molecule has 22 heavy (non-hydrogen) atoms. The molecule has 0 aromatic carbocycles. The summed E-state index contributed by atoms with van der Waals surface area (Å²) in [7, 11) is 1.78. The van der Waals surface area contributed by atoms with Gasteiger partial charge in [0.25, 0.3) is 0 Å². The molecule has 1 aliphatic rings. The molecule has 1 rings (SSSR count). The first kappa shape index (κ1) is 19.6. The van der Waals surface area contributed by atoms with Crippen molar-refractivity contribution in [2.45, 2.75) is 58.3 Å². The van der Waals surface area contributed by atoms with E-state index in [4.69, 9.17) is 4.74 Å². The number of methoxy groups -OCH3 is 1. The highest BCUT2D eigenvalue weighted by atomic mass is 16.5. The Morgan fingerprint density at radius 2 is 1.45 bits per heavy atom. The van der Waals surface area contributed by atoms with Gasteiger partial charge in [-0.05, 0) is 32.2 Å². The number of Topliss-reactive ketones (excluding diaryl/α,β-unsaturated/α-hetero) is 1. The summed E-state index contributed by atoms with van der Waals surface area (Å²) < 4.78 is 5.11. The lowest BCUT2D eigenvalue weighted by atomic mass is 10.1. The van der Waals surface area contributed by atoms with Crippen LogP contribution in [-0.4, -0.2) is 68.6 Å². The van der Waals surface area contributed by atoms with Crippen molar-refractivity contribution in [1.29, 1.82) is 0 Å². The maximum Gasteiger partial charge on any atom is 0.132 e. The average Bonchev–Trinajstić information content (AvgIpc) is 2.52. The molecule has 1 saturated heterocycles. The maximum absolute atomic E-state index is 11.4. The Hall–Kier alpha value is -0.450. The summed E-state index contributed by atoms with van der Waals surface area (Å²) in [5.74, 6) is 0.451. The summed E-state index contributed by atoms with van der Waals surface area (Å²) in [5.41, 5.74) is 0. The molecule has 1 fully saturated rings. The molecule has 0 amide bonds. The minimum absolute atomic E-state index is 0.451. The van der Waals surface area contributed by atoms with Gasteiger partial charge in [-0.15, -0.1) is 0 Å². The zero-order chi connectivity index (χ0) is 16.0. The van der Waals surface area contributed by atoms with Crippen LogP contribution in [0, 0.1) is 0 Å². The molecule has 0 radical (unpaired) electrons. The Labute approximate surface area is 137 Å². The van der Waals surface area contributed by atoms with Crippen molar-refractivity contribution in [3.63, 3.8) is 0 Å². The number of carbonyl (C=O) groups excluding carboxylic acids is 1. The van der Waals surface area contributed by atoms with E-state index in [9.17, 15) is 4.79 Å². The first-order chi connectivity index (χ1) is 10.8. The van der Waals surface area contributed by atoms with Gasteiger partial charge in [0.05, 0.1) is 0 Å². The lowest BCUT2D eigenvalue weighted by molar-refractivity contribution is -0.119. The summed E-state index contributed by atoms with van der Waals surface area (Å²) in [6, 6.07) is 0. The van der Waals surface area contributed by atoms with Crippen LogP contribution in [0.1, 0.15) is 58.3 Å². The summed E-state index contributed by atoms with van der Waals surface area (Å²) in [5, 5.41) is 0. The van der Waals surface area contributed by atoms with Crippen LogP contribution in [0.3, 0.4) is 0 Å². The van der Waals surface area contributed by atoms with Crippen LogP contribution in [0.4, 0.5) is 0 Å². The molecule has 0 saturated carbocycles. The third-order valence-electron chi connectivity index (χ3n) is 4.50. The molecule has 130 valence electrons. The van der Waals surface area contributed by atoms with E-state index >= 15 is 0 Å². The van der Waals surface area contributed by atoms with Crippen molar-refractivity contribution in [2.24, 2.45) is 0 Å². The van der Waals surface area contributed by atoms with E-state index in [0.717, 1.165) is 38.7 Å². The van der Waals surface area contributed by atoms with Crippen molar-refractivity contribution in [2.75, 3.05) is 53.0 Å². The number of hydrogen-bond donors (Lipinski definition) is 0. The number of hydrogen-bond acceptors (Lipinski definition) is 4. The lowest BCUT2D eigenvalue weighted by Gasteiger charge is -2.34. The summed E-state index contributed by atoms with van der Waals surface area (Å²) >= 11 is 0. The van der Waals surface area contributed by atoms with E-state index in [2.05, 4.69) is 16.7 Å². The summed E-state index contributed by atoms with van der Waals surface area (Å²) in [6.45, 7) is 10.2. The fourth-order valence-electron chi connectivity index (χ4n) is 3.08. The topological polar surface area (TPSA) is 32.8 Å². The van der Waals surface area contributed by atoms with Crippen LogP contribution in [0.5, 0.6) is 0 Å². The van der Waals surface area contributed by atoms with Crippen LogP contribution in [-0.2, 0) is 9.53 Å². The minimum atomic E-state index is 0.451. The molecular formula is C18H36N2O2. The molecule has 1 heterocycles. The van der Waals surface area contributed by atoms with E-state index in [0.29, 0.717) is 5.78 Å². The fraction of sp³-hybridized carbons (Fsp3) is 0.944. The third-order valence-corrected chi connectivity index (χ3v) is 4.50. The molecule has 0 bridgehead atoms. The van der Waals surface area contributed by atoms with Crippen molar-refractivity contribution >= 4 is 5.78 Å². The number of nitrogens with zero attached hydrogens (tertiary/aromatic N) is 2. The second kappa shape index (κ2) is 13.0. The maximum atomic E-state index is 11.4. The molecule has 1 aliphatic heterocycles. The Bertz CT molecular complexity index is 276. The predicted octanol–water partition coefficient (Wildman–Crippen LogP) is 2.96. The van der Waals surface area contributed by atoms with E-state index in [-0.39, 0.29) is 0 Å². The van der Waals surface area contributed by atoms with Crippen LogP contribution in [0.2, 0.25) is 0 Å². The average molecular weight is 312 g/mol. The zero-order valence-electron chi connectivity index (χ0n) is 14.8. The van der Waals surface area contributed by atoms with Gasteiger partial charge in [-0.1, -0.05) is 19.8 Å². The van der Waals surface area contributed by atoms with Crippen molar-refractivity contribution in [3.8, 4) is 0 Å². The van der Waals surface area contributed by atoms with Gasteiger partial charge in [-0.3, -0.25) is 4.79 Å². The highest BCUT2D eigenvalue weighted by molar-refractivity contribution is 5.78.